The minimum absolute atomic E-state index is 0.0109. The zero-order valence-corrected chi connectivity index (χ0v) is 17.9. The molecule has 1 unspecified atom stereocenters. The van der Waals surface area contributed by atoms with Crippen molar-refractivity contribution in [3.8, 4) is 0 Å². The molecule has 8 heteroatoms. The fraction of sp³-hybridized carbons (Fsp3) is 0.545. The second kappa shape index (κ2) is 10.3. The second-order valence-corrected chi connectivity index (χ2v) is 8.10. The molecule has 162 valence electrons. The van der Waals surface area contributed by atoms with E-state index < -0.39 is 0 Å². The van der Waals surface area contributed by atoms with Crippen molar-refractivity contribution in [2.45, 2.75) is 52.6 Å². The van der Waals surface area contributed by atoms with Gasteiger partial charge in [0, 0.05) is 44.1 Å². The van der Waals surface area contributed by atoms with Crippen LogP contribution < -0.4 is 5.32 Å². The van der Waals surface area contributed by atoms with E-state index in [0.29, 0.717) is 55.0 Å². The Hall–Kier alpha value is -2.74. The van der Waals surface area contributed by atoms with Crippen LogP contribution in [0.4, 0.5) is 5.69 Å². The van der Waals surface area contributed by atoms with Crippen LogP contribution in [0, 0.1) is 5.92 Å². The first kappa shape index (κ1) is 22.0. The van der Waals surface area contributed by atoms with Crippen LogP contribution in [0.25, 0.3) is 0 Å². The van der Waals surface area contributed by atoms with Crippen molar-refractivity contribution >= 4 is 17.5 Å². The molecular formula is C22H30N4O4. The molecule has 0 saturated carbocycles. The van der Waals surface area contributed by atoms with E-state index in [9.17, 15) is 9.59 Å². The molecule has 1 saturated heterocycles. The molecule has 1 atom stereocenters. The van der Waals surface area contributed by atoms with Gasteiger partial charge in [-0.2, -0.15) is 4.98 Å². The van der Waals surface area contributed by atoms with Crippen LogP contribution in [0.15, 0.2) is 28.8 Å². The van der Waals surface area contributed by atoms with Crippen molar-refractivity contribution in [1.29, 1.82) is 0 Å². The number of nitrogens with zero attached hydrogens (tertiary/aromatic N) is 3. The Balaban J connectivity index is 1.49. The van der Waals surface area contributed by atoms with E-state index in [1.807, 2.05) is 4.90 Å². The largest absolute Gasteiger partial charge is 0.376 e. The Bertz CT molecular complexity index is 864. The summed E-state index contributed by atoms with van der Waals surface area (Å²) in [5, 5.41) is 6.72. The second-order valence-electron chi connectivity index (χ2n) is 8.10. The molecule has 2 aromatic rings. The lowest BCUT2D eigenvalue weighted by molar-refractivity contribution is -0.114. The van der Waals surface area contributed by atoms with Crippen LogP contribution >= 0.6 is 0 Å². The van der Waals surface area contributed by atoms with Gasteiger partial charge >= 0.3 is 0 Å². The Morgan fingerprint density at radius 1 is 1.37 bits per heavy atom. The molecule has 0 bridgehead atoms. The van der Waals surface area contributed by atoms with Gasteiger partial charge in [0.05, 0.1) is 12.7 Å². The number of likely N-dealkylation sites (tertiary alicyclic amines) is 1. The van der Waals surface area contributed by atoms with Gasteiger partial charge in [0.2, 0.25) is 11.8 Å². The first-order valence-corrected chi connectivity index (χ1v) is 10.5. The summed E-state index contributed by atoms with van der Waals surface area (Å²) in [5.41, 5.74) is 1.18. The lowest BCUT2D eigenvalue weighted by atomic mass is 10.1. The fourth-order valence-electron chi connectivity index (χ4n) is 3.52. The van der Waals surface area contributed by atoms with Crippen molar-refractivity contribution < 1.29 is 18.8 Å². The first-order chi connectivity index (χ1) is 14.4. The monoisotopic (exact) mass is 414 g/mol. The summed E-state index contributed by atoms with van der Waals surface area (Å²) < 4.78 is 11.3. The number of anilines is 1. The number of piperidine rings is 1. The molecule has 1 fully saturated rings. The molecule has 3 rings (SSSR count). The van der Waals surface area contributed by atoms with Crippen molar-refractivity contribution in [2.24, 2.45) is 5.92 Å². The van der Waals surface area contributed by atoms with Crippen LogP contribution in [0.3, 0.4) is 0 Å². The van der Waals surface area contributed by atoms with Crippen LogP contribution in [-0.2, 0) is 22.4 Å². The summed E-state index contributed by atoms with van der Waals surface area (Å²) in [6.45, 7) is 7.41. The third-order valence-corrected chi connectivity index (χ3v) is 4.87. The van der Waals surface area contributed by atoms with Crippen molar-refractivity contribution in [1.82, 2.24) is 15.0 Å². The molecule has 1 N–H and O–H groups in total. The van der Waals surface area contributed by atoms with Gasteiger partial charge in [0.15, 0.2) is 5.82 Å². The predicted octanol–water partition coefficient (Wildman–Crippen LogP) is 3.09. The molecule has 0 radical (unpaired) electrons. The van der Waals surface area contributed by atoms with Crippen LogP contribution in [0.1, 0.15) is 55.7 Å². The number of amides is 2. The average molecular weight is 415 g/mol. The number of nitrogens with one attached hydrogen (secondary N) is 1. The van der Waals surface area contributed by atoms with Crippen LogP contribution in [0.2, 0.25) is 0 Å². The summed E-state index contributed by atoms with van der Waals surface area (Å²) in [7, 11) is 0. The molecule has 2 heterocycles. The summed E-state index contributed by atoms with van der Waals surface area (Å²) in [5.74, 6) is 1.58. The van der Waals surface area contributed by atoms with E-state index >= 15 is 0 Å². The van der Waals surface area contributed by atoms with E-state index in [1.165, 1.54) is 6.92 Å². The number of aromatic nitrogens is 2. The van der Waals surface area contributed by atoms with Crippen molar-refractivity contribution in [2.75, 3.05) is 25.0 Å². The number of rotatable bonds is 8. The van der Waals surface area contributed by atoms with Gasteiger partial charge < -0.3 is 19.5 Å². The molecular weight excluding hydrogens is 384 g/mol. The number of carbonyl (C=O) groups excluding carboxylic acids is 2. The molecule has 1 aliphatic heterocycles. The molecule has 1 aliphatic rings. The number of hydrogen-bond acceptors (Lipinski definition) is 6. The molecule has 0 aliphatic carbocycles. The number of ether oxygens (including phenoxy) is 1. The normalized spacial score (nSPS) is 16.7. The zero-order chi connectivity index (χ0) is 21.5. The van der Waals surface area contributed by atoms with Gasteiger partial charge in [-0.15, -0.1) is 0 Å². The number of hydrogen-bond donors (Lipinski definition) is 1. The highest BCUT2D eigenvalue weighted by Crippen LogP contribution is 2.18. The smallest absolute Gasteiger partial charge is 0.254 e. The van der Waals surface area contributed by atoms with Crippen LogP contribution in [0.5, 0.6) is 0 Å². The molecule has 2 amide bonds. The quantitative estimate of drug-likeness (QED) is 0.713. The third kappa shape index (κ3) is 6.38. The Morgan fingerprint density at radius 3 is 2.97 bits per heavy atom. The van der Waals surface area contributed by atoms with E-state index in [4.69, 9.17) is 9.26 Å². The van der Waals surface area contributed by atoms with Crippen molar-refractivity contribution in [3.63, 3.8) is 0 Å². The average Bonchev–Trinajstić information content (AvgIpc) is 3.14. The third-order valence-electron chi connectivity index (χ3n) is 4.87. The number of carbonyl (C=O) groups is 2. The van der Waals surface area contributed by atoms with Gasteiger partial charge in [0.25, 0.3) is 5.91 Å². The SMILES string of the molecule is CC(=O)Nc1cccc(C(=O)N2CCCC(OCCc3noc(CC(C)C)n3)C2)c1. The van der Waals surface area contributed by atoms with Gasteiger partial charge in [0.1, 0.15) is 0 Å². The maximum Gasteiger partial charge on any atom is 0.254 e. The van der Waals surface area contributed by atoms with Crippen molar-refractivity contribution in [3.05, 3.63) is 41.5 Å². The summed E-state index contributed by atoms with van der Waals surface area (Å²) in [4.78, 5) is 30.4. The summed E-state index contributed by atoms with van der Waals surface area (Å²) >= 11 is 0. The first-order valence-electron chi connectivity index (χ1n) is 10.5. The predicted molar refractivity (Wildman–Crippen MR) is 112 cm³/mol. The minimum atomic E-state index is -0.163. The maximum atomic E-state index is 12.9. The van der Waals surface area contributed by atoms with E-state index in [2.05, 4.69) is 29.3 Å². The summed E-state index contributed by atoms with van der Waals surface area (Å²) in [6, 6.07) is 7.02. The lowest BCUT2D eigenvalue weighted by Crippen LogP contribution is -2.43. The number of benzene rings is 1. The standard InChI is InChI=1S/C22H30N4O4/c1-15(2)12-21-24-20(25-30-21)9-11-29-19-8-5-10-26(14-19)22(28)17-6-4-7-18(13-17)23-16(3)27/h4,6-7,13,15,19H,5,8-12,14H2,1-3H3,(H,23,27). The fourth-order valence-corrected chi connectivity index (χ4v) is 3.52. The van der Waals surface area contributed by atoms with Crippen LogP contribution in [-0.4, -0.2) is 52.7 Å². The molecule has 8 nitrogen and oxygen atoms in total. The summed E-state index contributed by atoms with van der Waals surface area (Å²) in [6.07, 6.45) is 3.16. The Morgan fingerprint density at radius 2 is 2.20 bits per heavy atom. The molecule has 1 aromatic heterocycles. The lowest BCUT2D eigenvalue weighted by Gasteiger charge is -2.32. The Labute approximate surface area is 177 Å². The molecule has 1 aromatic carbocycles. The Kier molecular flexibility index (Phi) is 7.57. The van der Waals surface area contributed by atoms with E-state index in [-0.39, 0.29) is 17.9 Å². The van der Waals surface area contributed by atoms with Gasteiger partial charge in [-0.25, -0.2) is 0 Å². The maximum absolute atomic E-state index is 12.9. The van der Waals surface area contributed by atoms with Gasteiger partial charge in [-0.3, -0.25) is 9.59 Å². The molecule has 30 heavy (non-hydrogen) atoms. The minimum Gasteiger partial charge on any atom is -0.376 e. The zero-order valence-electron chi connectivity index (χ0n) is 17.9. The van der Waals surface area contributed by atoms with Gasteiger partial charge in [-0.1, -0.05) is 25.1 Å². The van der Waals surface area contributed by atoms with E-state index in [1.54, 1.807) is 24.3 Å². The highest BCUT2D eigenvalue weighted by Gasteiger charge is 2.25. The molecule has 0 spiro atoms. The topological polar surface area (TPSA) is 97.6 Å². The van der Waals surface area contributed by atoms with Gasteiger partial charge in [-0.05, 0) is 37.0 Å². The van der Waals surface area contributed by atoms with E-state index in [0.717, 1.165) is 19.3 Å². The highest BCUT2D eigenvalue weighted by molar-refractivity contribution is 5.96. The highest BCUT2D eigenvalue weighted by atomic mass is 16.5.